The number of carbonyl (C=O) groups excluding carboxylic acids is 1. The summed E-state index contributed by atoms with van der Waals surface area (Å²) in [6.45, 7) is 9.58. The standard InChI is InChI=1S/C13H22N4O3S/c1-5-7-9-21(19,20)12-14-10-17(15-12)13(18)16(8-6-2)11(3)4/h6,10-11H,2,5,7-9H2,1,3-4H3. The van der Waals surface area contributed by atoms with Crippen molar-refractivity contribution < 1.29 is 13.2 Å². The third-order valence-corrected chi connectivity index (χ3v) is 4.48. The minimum atomic E-state index is -3.53. The Balaban J connectivity index is 2.97. The van der Waals surface area contributed by atoms with Crippen molar-refractivity contribution in [3.05, 3.63) is 19.0 Å². The summed E-state index contributed by atoms with van der Waals surface area (Å²) in [7, 11) is -3.53. The van der Waals surface area contributed by atoms with Crippen molar-refractivity contribution in [3.8, 4) is 0 Å². The molecule has 0 spiro atoms. The topological polar surface area (TPSA) is 85.2 Å². The van der Waals surface area contributed by atoms with Crippen LogP contribution in [0.1, 0.15) is 33.6 Å². The van der Waals surface area contributed by atoms with Gasteiger partial charge in [-0.2, -0.15) is 4.68 Å². The highest BCUT2D eigenvalue weighted by atomic mass is 32.2. The van der Waals surface area contributed by atoms with E-state index in [9.17, 15) is 13.2 Å². The Bertz CT molecular complexity index is 592. The molecule has 0 radical (unpaired) electrons. The minimum absolute atomic E-state index is 0.0117. The van der Waals surface area contributed by atoms with E-state index in [0.717, 1.165) is 17.4 Å². The normalized spacial score (nSPS) is 11.6. The van der Waals surface area contributed by atoms with Crippen LogP contribution >= 0.6 is 0 Å². The first-order valence-corrected chi connectivity index (χ1v) is 8.55. The van der Waals surface area contributed by atoms with Crippen molar-refractivity contribution in [1.29, 1.82) is 0 Å². The number of amides is 1. The Morgan fingerprint density at radius 2 is 2.19 bits per heavy atom. The van der Waals surface area contributed by atoms with Gasteiger partial charge >= 0.3 is 6.03 Å². The van der Waals surface area contributed by atoms with E-state index in [-0.39, 0.29) is 17.0 Å². The number of hydrogen-bond donors (Lipinski definition) is 0. The molecule has 0 bridgehead atoms. The summed E-state index contributed by atoms with van der Waals surface area (Å²) in [6.07, 6.45) is 4.05. The van der Waals surface area contributed by atoms with E-state index >= 15 is 0 Å². The minimum Gasteiger partial charge on any atom is -0.317 e. The van der Waals surface area contributed by atoms with Crippen LogP contribution in [0.3, 0.4) is 0 Å². The van der Waals surface area contributed by atoms with Gasteiger partial charge in [-0.1, -0.05) is 19.4 Å². The molecule has 0 aliphatic carbocycles. The summed E-state index contributed by atoms with van der Waals surface area (Å²) in [6, 6.07) is -0.478. The number of unbranched alkanes of at least 4 members (excludes halogenated alkanes) is 1. The lowest BCUT2D eigenvalue weighted by Gasteiger charge is -2.24. The first-order valence-electron chi connectivity index (χ1n) is 6.89. The van der Waals surface area contributed by atoms with Gasteiger partial charge in [0.1, 0.15) is 6.33 Å². The van der Waals surface area contributed by atoms with Gasteiger partial charge in [0.15, 0.2) is 0 Å². The van der Waals surface area contributed by atoms with E-state index in [4.69, 9.17) is 0 Å². The number of rotatable bonds is 7. The maximum atomic E-state index is 12.3. The molecule has 0 aliphatic heterocycles. The first-order chi connectivity index (χ1) is 9.83. The average Bonchev–Trinajstić information content (AvgIpc) is 2.92. The van der Waals surface area contributed by atoms with E-state index in [1.807, 2.05) is 20.8 Å². The van der Waals surface area contributed by atoms with Crippen LogP contribution in [0.25, 0.3) is 0 Å². The molecule has 118 valence electrons. The summed E-state index contributed by atoms with van der Waals surface area (Å²) < 4.78 is 24.9. The SMILES string of the molecule is C=CCN(C(=O)n1cnc(S(=O)(=O)CCCC)n1)C(C)C. The molecule has 0 N–H and O–H groups in total. The summed E-state index contributed by atoms with van der Waals surface area (Å²) in [5.74, 6) is -0.0117. The maximum absolute atomic E-state index is 12.3. The molecule has 0 saturated heterocycles. The van der Waals surface area contributed by atoms with Gasteiger partial charge in [0.25, 0.3) is 5.16 Å². The van der Waals surface area contributed by atoms with Crippen molar-refractivity contribution in [2.24, 2.45) is 0 Å². The lowest BCUT2D eigenvalue weighted by atomic mass is 10.3. The summed E-state index contributed by atoms with van der Waals surface area (Å²) in [4.78, 5) is 17.5. The summed E-state index contributed by atoms with van der Waals surface area (Å²) >= 11 is 0. The molecule has 1 aromatic rings. The first kappa shape index (κ1) is 17.4. The zero-order valence-corrected chi connectivity index (χ0v) is 13.5. The number of nitrogens with zero attached hydrogens (tertiary/aromatic N) is 4. The van der Waals surface area contributed by atoms with Crippen LogP contribution < -0.4 is 0 Å². The highest BCUT2D eigenvalue weighted by Crippen LogP contribution is 2.08. The van der Waals surface area contributed by atoms with Crippen LogP contribution in [0, 0.1) is 0 Å². The van der Waals surface area contributed by atoms with Crippen LogP contribution in [0.15, 0.2) is 24.1 Å². The van der Waals surface area contributed by atoms with E-state index in [1.165, 1.54) is 4.90 Å². The van der Waals surface area contributed by atoms with Crippen molar-refractivity contribution in [3.63, 3.8) is 0 Å². The zero-order chi connectivity index (χ0) is 16.0. The van der Waals surface area contributed by atoms with Crippen molar-refractivity contribution >= 4 is 15.9 Å². The molecular weight excluding hydrogens is 292 g/mol. The summed E-state index contributed by atoms with van der Waals surface area (Å²) in [5.41, 5.74) is 0. The Hall–Kier alpha value is -1.70. The number of carbonyl (C=O) groups is 1. The molecule has 0 aromatic carbocycles. The van der Waals surface area contributed by atoms with Crippen molar-refractivity contribution in [2.45, 2.75) is 44.8 Å². The van der Waals surface area contributed by atoms with E-state index in [0.29, 0.717) is 13.0 Å². The third-order valence-electron chi connectivity index (χ3n) is 2.91. The fourth-order valence-electron chi connectivity index (χ4n) is 1.69. The Kier molecular flexibility index (Phi) is 6.07. The van der Waals surface area contributed by atoms with Crippen LogP contribution in [0.4, 0.5) is 4.79 Å². The van der Waals surface area contributed by atoms with E-state index < -0.39 is 15.9 Å². The van der Waals surface area contributed by atoms with Crippen LogP contribution in [-0.4, -0.2) is 52.5 Å². The smallest absolute Gasteiger partial charge is 0.317 e. The van der Waals surface area contributed by atoms with E-state index in [1.54, 1.807) is 6.08 Å². The second-order valence-electron chi connectivity index (χ2n) is 4.96. The van der Waals surface area contributed by atoms with Gasteiger partial charge in [0.05, 0.1) is 5.75 Å². The molecule has 1 amide bonds. The number of aromatic nitrogens is 3. The molecule has 0 saturated carbocycles. The predicted molar refractivity (Wildman–Crippen MR) is 79.8 cm³/mol. The fourth-order valence-corrected chi connectivity index (χ4v) is 2.96. The van der Waals surface area contributed by atoms with Crippen molar-refractivity contribution in [2.75, 3.05) is 12.3 Å². The lowest BCUT2D eigenvalue weighted by molar-refractivity contribution is 0.188. The second-order valence-corrected chi connectivity index (χ2v) is 6.96. The van der Waals surface area contributed by atoms with Gasteiger partial charge in [0.2, 0.25) is 9.84 Å². The second kappa shape index (κ2) is 7.35. The predicted octanol–water partition coefficient (Wildman–Crippen LogP) is 1.72. The third kappa shape index (κ3) is 4.38. The molecule has 0 fully saturated rings. The molecular formula is C13H22N4O3S. The summed E-state index contributed by atoms with van der Waals surface area (Å²) in [5, 5.41) is 3.51. The van der Waals surface area contributed by atoms with Gasteiger partial charge in [-0.05, 0) is 20.3 Å². The fraction of sp³-hybridized carbons (Fsp3) is 0.615. The van der Waals surface area contributed by atoms with Crippen LogP contribution in [-0.2, 0) is 9.84 Å². The molecule has 8 heteroatoms. The Morgan fingerprint density at radius 1 is 1.52 bits per heavy atom. The monoisotopic (exact) mass is 314 g/mol. The maximum Gasteiger partial charge on any atom is 0.346 e. The van der Waals surface area contributed by atoms with Crippen LogP contribution in [0.5, 0.6) is 0 Å². The van der Waals surface area contributed by atoms with Crippen molar-refractivity contribution in [1.82, 2.24) is 19.7 Å². The highest BCUT2D eigenvalue weighted by molar-refractivity contribution is 7.91. The molecule has 21 heavy (non-hydrogen) atoms. The van der Waals surface area contributed by atoms with Gasteiger partial charge < -0.3 is 4.90 Å². The molecule has 1 heterocycles. The molecule has 1 aromatic heterocycles. The lowest BCUT2D eigenvalue weighted by Crippen LogP contribution is -2.40. The van der Waals surface area contributed by atoms with Crippen LogP contribution in [0.2, 0.25) is 0 Å². The van der Waals surface area contributed by atoms with Gasteiger partial charge in [-0.25, -0.2) is 18.2 Å². The molecule has 0 aliphatic rings. The number of hydrogen-bond acceptors (Lipinski definition) is 5. The largest absolute Gasteiger partial charge is 0.346 e. The molecule has 0 atom stereocenters. The Morgan fingerprint density at radius 3 is 2.71 bits per heavy atom. The number of sulfone groups is 1. The molecule has 7 nitrogen and oxygen atoms in total. The molecule has 0 unspecified atom stereocenters. The Labute approximate surface area is 125 Å². The quantitative estimate of drug-likeness (QED) is 0.715. The van der Waals surface area contributed by atoms with Gasteiger partial charge in [0, 0.05) is 12.6 Å². The average molecular weight is 314 g/mol. The zero-order valence-electron chi connectivity index (χ0n) is 12.7. The highest BCUT2D eigenvalue weighted by Gasteiger charge is 2.23. The van der Waals surface area contributed by atoms with Gasteiger partial charge in [-0.15, -0.1) is 11.7 Å². The van der Waals surface area contributed by atoms with Gasteiger partial charge in [-0.3, -0.25) is 0 Å². The van der Waals surface area contributed by atoms with E-state index in [2.05, 4.69) is 16.7 Å². The molecule has 1 rings (SSSR count).